The summed E-state index contributed by atoms with van der Waals surface area (Å²) in [5.74, 6) is 0. The number of benzene rings is 7. The second-order valence-corrected chi connectivity index (χ2v) is 16.6. The maximum Gasteiger partial charge on any atom is 0.264 e. The summed E-state index contributed by atoms with van der Waals surface area (Å²) in [5, 5.41) is 30.9. The molecule has 5 aromatic heterocycles. The quantitative estimate of drug-likeness (QED) is 0.0557. The van der Waals surface area contributed by atoms with Crippen molar-refractivity contribution >= 4 is 143 Å². The van der Waals surface area contributed by atoms with Crippen LogP contribution < -0.4 is 11.1 Å². The molecule has 0 atom stereocenters. The van der Waals surface area contributed by atoms with Gasteiger partial charge in [0.05, 0.1) is 66.7 Å². The van der Waals surface area contributed by atoms with Crippen molar-refractivity contribution in [2.24, 2.45) is 0 Å². The van der Waals surface area contributed by atoms with Gasteiger partial charge in [0.2, 0.25) is 9.84 Å². The highest BCUT2D eigenvalue weighted by molar-refractivity contribution is 7.94. The molecule has 0 amide bonds. The van der Waals surface area contributed by atoms with Crippen molar-refractivity contribution in [1.82, 2.24) is 18.8 Å². The summed E-state index contributed by atoms with van der Waals surface area (Å²) in [6, 6.07) is 16.7. The summed E-state index contributed by atoms with van der Waals surface area (Å²) in [4.78, 5) is 39.8. The highest BCUT2D eigenvalue weighted by Crippen LogP contribution is 2.57. The van der Waals surface area contributed by atoms with E-state index in [2.05, 4.69) is 18.7 Å². The van der Waals surface area contributed by atoms with Gasteiger partial charge >= 0.3 is 0 Å². The van der Waals surface area contributed by atoms with Gasteiger partial charge < -0.3 is 4.42 Å². The minimum absolute atomic E-state index is 0.0316. The first-order chi connectivity index (χ1) is 26.3. The molecule has 0 spiro atoms. The summed E-state index contributed by atoms with van der Waals surface area (Å²) in [6.45, 7) is 0. The van der Waals surface area contributed by atoms with E-state index in [1.165, 1.54) is 20.9 Å². The van der Waals surface area contributed by atoms with Gasteiger partial charge in [-0.05, 0) is 60.7 Å². The molecular formula is C36H12N4O11S3. The molecule has 1 aliphatic rings. The average molecular weight is 773 g/mol. The fourth-order valence-electron chi connectivity index (χ4n) is 9.01. The van der Waals surface area contributed by atoms with Crippen LogP contribution in [0, 0.1) is 0 Å². The minimum atomic E-state index is -4.26. The van der Waals surface area contributed by atoms with Gasteiger partial charge in [0.25, 0.3) is 11.1 Å². The Balaban J connectivity index is 1.25. The van der Waals surface area contributed by atoms with Crippen LogP contribution in [0.3, 0.4) is 0 Å². The maximum absolute atomic E-state index is 14.8. The van der Waals surface area contributed by atoms with Gasteiger partial charge in [0.1, 0.15) is 22.5 Å². The smallest absolute Gasteiger partial charge is 0.264 e. The Kier molecular flexibility index (Phi) is 5.24. The second kappa shape index (κ2) is 9.51. The highest BCUT2D eigenvalue weighted by atomic mass is 32.2. The number of rotatable bonds is 6. The number of nitrogens with zero attached hydrogens (tertiary/aromatic N) is 4. The van der Waals surface area contributed by atoms with Gasteiger partial charge in [-0.3, -0.25) is 18.4 Å². The van der Waals surface area contributed by atoms with E-state index in [1.807, 2.05) is 12.1 Å². The van der Waals surface area contributed by atoms with E-state index < -0.39 is 21.0 Å². The molecular weight excluding hydrogens is 761 g/mol. The first kappa shape index (κ1) is 29.7. The molecule has 18 heteroatoms. The molecule has 7 aromatic carbocycles. The van der Waals surface area contributed by atoms with Crippen molar-refractivity contribution < 1.29 is 42.1 Å². The number of pyridine rings is 2. The zero-order valence-corrected chi connectivity index (χ0v) is 28.8. The van der Waals surface area contributed by atoms with Crippen molar-refractivity contribution in [2.75, 3.05) is 0 Å². The SMILES string of the molecule is O=c1c2cc3c4c5c(cc6c(=O)n7c8cc(SOOO)ccc8nc7c7cc8oc9cc(c2c4c9c8c5c67)c2nc4ccc(SOOO)cc4n12)S3(=O)=O. The second-order valence-electron chi connectivity index (χ2n) is 13.2. The van der Waals surface area contributed by atoms with Crippen LogP contribution in [-0.2, 0) is 28.6 Å². The van der Waals surface area contributed by atoms with E-state index in [4.69, 9.17) is 24.9 Å². The fourth-order valence-corrected chi connectivity index (χ4v) is 11.5. The summed E-state index contributed by atoms with van der Waals surface area (Å²) in [7, 11) is -4.26. The molecule has 0 saturated heterocycles. The highest BCUT2D eigenvalue weighted by Gasteiger charge is 2.39. The Hall–Kier alpha value is -5.67. The number of hydrogen-bond acceptors (Lipinski definition) is 15. The van der Waals surface area contributed by atoms with Gasteiger partial charge in [-0.1, -0.05) is 10.1 Å². The van der Waals surface area contributed by atoms with E-state index in [0.29, 0.717) is 108 Å². The van der Waals surface area contributed by atoms with E-state index in [-0.39, 0.29) is 20.6 Å². The van der Waals surface area contributed by atoms with Gasteiger partial charge in [-0.25, -0.2) is 28.9 Å². The number of furan rings is 1. The first-order valence-electron chi connectivity index (χ1n) is 16.0. The summed E-state index contributed by atoms with van der Waals surface area (Å²) in [6.07, 6.45) is 0. The zero-order valence-electron chi connectivity index (χ0n) is 26.4. The van der Waals surface area contributed by atoms with Gasteiger partial charge in [0.15, 0.2) is 0 Å². The van der Waals surface area contributed by atoms with Crippen LogP contribution >= 0.6 is 24.1 Å². The molecule has 2 N–H and O–H groups in total. The summed E-state index contributed by atoms with van der Waals surface area (Å²) < 4.78 is 48.3. The van der Waals surface area contributed by atoms with E-state index in [9.17, 15) is 18.0 Å². The molecule has 0 aliphatic carbocycles. The van der Waals surface area contributed by atoms with Crippen molar-refractivity contribution in [3.05, 3.63) is 81.4 Å². The third kappa shape index (κ3) is 3.21. The molecule has 0 bridgehead atoms. The number of aromatic nitrogens is 4. The molecule has 1 aliphatic heterocycles. The molecule has 12 aromatic rings. The predicted octanol–water partition coefficient (Wildman–Crippen LogP) is 7.43. The van der Waals surface area contributed by atoms with Crippen LogP contribution in [0.1, 0.15) is 0 Å². The Labute approximate surface area is 303 Å². The van der Waals surface area contributed by atoms with Crippen LogP contribution in [0.25, 0.3) is 109 Å². The fraction of sp³-hybridized carbons (Fsp3) is 0. The number of sulfone groups is 1. The molecule has 0 unspecified atom stereocenters. The number of imidazole rings is 2. The van der Waals surface area contributed by atoms with Gasteiger partial charge in [-0.2, -0.15) is 0 Å². The topological polar surface area (TPSA) is 193 Å². The standard InChI is InChI=1S/C36H12N4O11S3/c41-35-15-9-23-29-30-24(54(23,45)46)10-16-26-14(34-38-18-4-2-12(53-51-49-44)6-20(18)40(34)36(16)42)8-22-28(32(26)30)27-21(47-22)7-13(25(15)31(27)29)33-37-17-3-1-11(52-50-48-43)5-19(17)39(33)35/h1-10,43-44H. The largest absolute Gasteiger partial charge is 0.456 e. The van der Waals surface area contributed by atoms with Crippen LogP contribution in [0.4, 0.5) is 0 Å². The van der Waals surface area contributed by atoms with E-state index >= 15 is 0 Å². The third-order valence-electron chi connectivity index (χ3n) is 10.9. The van der Waals surface area contributed by atoms with Crippen LogP contribution in [0.2, 0.25) is 0 Å². The van der Waals surface area contributed by atoms with Gasteiger partial charge in [0, 0.05) is 63.7 Å². The van der Waals surface area contributed by atoms with E-state index in [0.717, 1.165) is 24.1 Å². The Morgan fingerprint density at radius 3 is 1.48 bits per heavy atom. The van der Waals surface area contributed by atoms with Crippen LogP contribution in [-0.4, -0.2) is 37.7 Å². The summed E-state index contributed by atoms with van der Waals surface area (Å²) >= 11 is 1.46. The molecule has 6 heterocycles. The lowest BCUT2D eigenvalue weighted by molar-refractivity contribution is -0.432. The summed E-state index contributed by atoms with van der Waals surface area (Å²) in [5.41, 5.74) is 2.55. The van der Waals surface area contributed by atoms with Crippen molar-refractivity contribution in [1.29, 1.82) is 0 Å². The van der Waals surface area contributed by atoms with Crippen LogP contribution in [0.15, 0.2) is 94.3 Å². The molecule has 0 radical (unpaired) electrons. The van der Waals surface area contributed by atoms with Crippen LogP contribution in [0.5, 0.6) is 0 Å². The lowest BCUT2D eigenvalue weighted by Crippen LogP contribution is -2.14. The normalized spacial score (nSPS) is 14.6. The molecule has 15 nitrogen and oxygen atoms in total. The Bertz CT molecular complexity index is 3710. The van der Waals surface area contributed by atoms with E-state index in [1.54, 1.807) is 36.4 Å². The number of fused-ring (bicyclic) bond motifs is 8. The maximum atomic E-state index is 14.8. The lowest BCUT2D eigenvalue weighted by Gasteiger charge is -2.15. The van der Waals surface area contributed by atoms with Crippen molar-refractivity contribution in [2.45, 2.75) is 19.6 Å². The van der Waals surface area contributed by atoms with Crippen molar-refractivity contribution in [3.8, 4) is 0 Å². The molecule has 13 rings (SSSR count). The Morgan fingerprint density at radius 1 is 0.574 bits per heavy atom. The molecule has 0 saturated carbocycles. The minimum Gasteiger partial charge on any atom is -0.456 e. The third-order valence-corrected chi connectivity index (χ3v) is 13.8. The predicted molar refractivity (Wildman–Crippen MR) is 198 cm³/mol. The zero-order chi connectivity index (χ0) is 36.1. The molecule has 0 fully saturated rings. The van der Waals surface area contributed by atoms with Crippen molar-refractivity contribution in [3.63, 3.8) is 0 Å². The monoisotopic (exact) mass is 772 g/mol. The average Bonchev–Trinajstić information content (AvgIpc) is 3.92. The Morgan fingerprint density at radius 2 is 1.04 bits per heavy atom. The lowest BCUT2D eigenvalue weighted by atomic mass is 9.86. The molecule has 260 valence electrons. The van der Waals surface area contributed by atoms with Gasteiger partial charge in [-0.15, -0.1) is 8.67 Å². The number of hydrogen-bond donors (Lipinski definition) is 2. The molecule has 54 heavy (non-hydrogen) atoms. The first-order valence-corrected chi connectivity index (χ1v) is 19.0.